The smallest absolute Gasteiger partial charge is 0.130 e. The summed E-state index contributed by atoms with van der Waals surface area (Å²) in [5.41, 5.74) is 1.50. The topological polar surface area (TPSA) is 60.2 Å². The molecule has 0 radical (unpaired) electrons. The van der Waals surface area contributed by atoms with Crippen molar-refractivity contribution in [3.8, 4) is 6.07 Å². The van der Waals surface area contributed by atoms with Crippen molar-refractivity contribution in [2.75, 3.05) is 24.6 Å². The van der Waals surface area contributed by atoms with Crippen LogP contribution in [0.3, 0.4) is 0 Å². The molecule has 0 bridgehead atoms. The van der Waals surface area contributed by atoms with Gasteiger partial charge in [-0.05, 0) is 19.1 Å². The third-order valence-electron chi connectivity index (χ3n) is 2.61. The molecule has 1 aromatic heterocycles. The van der Waals surface area contributed by atoms with Crippen molar-refractivity contribution < 1.29 is 5.11 Å². The van der Waals surface area contributed by atoms with Crippen LogP contribution in [0.1, 0.15) is 11.3 Å². The molecule has 1 fully saturated rings. The molecule has 4 nitrogen and oxygen atoms in total. The second-order valence-corrected chi connectivity index (χ2v) is 3.92. The lowest BCUT2D eigenvalue weighted by Gasteiger charge is -2.39. The van der Waals surface area contributed by atoms with E-state index in [1.165, 1.54) is 0 Å². The molecule has 0 aliphatic carbocycles. The van der Waals surface area contributed by atoms with Crippen LogP contribution in [-0.4, -0.2) is 29.8 Å². The van der Waals surface area contributed by atoms with Crippen LogP contribution in [0.2, 0.25) is 0 Å². The Morgan fingerprint density at radius 1 is 1.60 bits per heavy atom. The molecule has 0 amide bonds. The van der Waals surface area contributed by atoms with Crippen molar-refractivity contribution >= 4 is 5.82 Å². The van der Waals surface area contributed by atoms with Gasteiger partial charge in [-0.2, -0.15) is 5.26 Å². The Morgan fingerprint density at radius 2 is 2.33 bits per heavy atom. The maximum atomic E-state index is 8.91. The van der Waals surface area contributed by atoms with Gasteiger partial charge in [0.2, 0.25) is 0 Å². The Morgan fingerprint density at radius 3 is 2.93 bits per heavy atom. The highest BCUT2D eigenvalue weighted by molar-refractivity contribution is 5.48. The molecule has 78 valence electrons. The van der Waals surface area contributed by atoms with Crippen LogP contribution in [-0.2, 0) is 0 Å². The van der Waals surface area contributed by atoms with Crippen LogP contribution in [0.5, 0.6) is 0 Å². The fraction of sp³-hybridized carbons (Fsp3) is 0.455. The van der Waals surface area contributed by atoms with Crippen LogP contribution in [0, 0.1) is 24.2 Å². The number of anilines is 1. The lowest BCUT2D eigenvalue weighted by molar-refractivity contribution is 0.200. The SMILES string of the molecule is Cc1cc(C#N)cc(N2CC(CO)C2)n1. The normalized spacial score (nSPS) is 15.9. The average molecular weight is 203 g/mol. The molecule has 1 N–H and O–H groups in total. The first-order valence-electron chi connectivity index (χ1n) is 4.97. The van der Waals surface area contributed by atoms with Crippen LogP contribution >= 0.6 is 0 Å². The summed E-state index contributed by atoms with van der Waals surface area (Å²) in [6.07, 6.45) is 0. The first kappa shape index (κ1) is 9.94. The van der Waals surface area contributed by atoms with E-state index in [9.17, 15) is 0 Å². The van der Waals surface area contributed by atoms with Crippen molar-refractivity contribution in [1.29, 1.82) is 5.26 Å². The van der Waals surface area contributed by atoms with Crippen LogP contribution in [0.4, 0.5) is 5.82 Å². The van der Waals surface area contributed by atoms with Crippen LogP contribution in [0.25, 0.3) is 0 Å². The number of nitrogens with zero attached hydrogens (tertiary/aromatic N) is 3. The second kappa shape index (κ2) is 3.87. The molecule has 2 heterocycles. The summed E-state index contributed by atoms with van der Waals surface area (Å²) in [5, 5.41) is 17.7. The average Bonchev–Trinajstić information content (AvgIpc) is 2.15. The summed E-state index contributed by atoms with van der Waals surface area (Å²) in [7, 11) is 0. The summed E-state index contributed by atoms with van der Waals surface area (Å²) >= 11 is 0. The second-order valence-electron chi connectivity index (χ2n) is 3.92. The summed E-state index contributed by atoms with van der Waals surface area (Å²) < 4.78 is 0. The number of rotatable bonds is 2. The summed E-state index contributed by atoms with van der Waals surface area (Å²) in [5.74, 6) is 1.20. The Bertz CT molecular complexity index is 405. The van der Waals surface area contributed by atoms with Gasteiger partial charge >= 0.3 is 0 Å². The minimum Gasteiger partial charge on any atom is -0.396 e. The number of hydrogen-bond acceptors (Lipinski definition) is 4. The first-order chi connectivity index (χ1) is 7.22. The van der Waals surface area contributed by atoms with E-state index < -0.39 is 0 Å². The van der Waals surface area contributed by atoms with Gasteiger partial charge in [-0.3, -0.25) is 0 Å². The zero-order valence-electron chi connectivity index (χ0n) is 8.64. The lowest BCUT2D eigenvalue weighted by atomic mass is 10.0. The van der Waals surface area contributed by atoms with Gasteiger partial charge in [0.25, 0.3) is 0 Å². The fourth-order valence-electron chi connectivity index (χ4n) is 1.75. The van der Waals surface area contributed by atoms with Gasteiger partial charge in [0.15, 0.2) is 0 Å². The number of aromatic nitrogens is 1. The van der Waals surface area contributed by atoms with E-state index in [1.807, 2.05) is 6.92 Å². The van der Waals surface area contributed by atoms with Gasteiger partial charge in [0, 0.05) is 31.3 Å². The highest BCUT2D eigenvalue weighted by Crippen LogP contribution is 2.23. The molecule has 1 aliphatic heterocycles. The van der Waals surface area contributed by atoms with E-state index in [2.05, 4.69) is 16.0 Å². The molecule has 0 spiro atoms. The van der Waals surface area contributed by atoms with E-state index in [4.69, 9.17) is 10.4 Å². The molecule has 0 aromatic carbocycles. The Hall–Kier alpha value is -1.60. The summed E-state index contributed by atoms with van der Waals surface area (Å²) in [6, 6.07) is 5.68. The Labute approximate surface area is 88.8 Å². The molecule has 0 saturated carbocycles. The highest BCUT2D eigenvalue weighted by atomic mass is 16.3. The number of aliphatic hydroxyl groups is 1. The van der Waals surface area contributed by atoms with E-state index in [0.29, 0.717) is 11.5 Å². The van der Waals surface area contributed by atoms with E-state index in [-0.39, 0.29) is 6.61 Å². The van der Waals surface area contributed by atoms with Crippen LogP contribution in [0.15, 0.2) is 12.1 Å². The number of aliphatic hydroxyl groups excluding tert-OH is 1. The number of aryl methyl sites for hydroxylation is 1. The predicted molar refractivity (Wildman–Crippen MR) is 56.5 cm³/mol. The highest BCUT2D eigenvalue weighted by Gasteiger charge is 2.27. The standard InChI is InChI=1S/C11H13N3O/c1-8-2-9(4-12)3-11(13-8)14-5-10(6-14)7-15/h2-3,10,15H,5-7H2,1H3. The molecule has 4 heteroatoms. The quantitative estimate of drug-likeness (QED) is 0.768. The maximum Gasteiger partial charge on any atom is 0.130 e. The van der Waals surface area contributed by atoms with Crippen molar-refractivity contribution in [2.24, 2.45) is 5.92 Å². The van der Waals surface area contributed by atoms with E-state index >= 15 is 0 Å². The van der Waals surface area contributed by atoms with E-state index in [0.717, 1.165) is 24.6 Å². The van der Waals surface area contributed by atoms with Gasteiger partial charge in [0.1, 0.15) is 5.82 Å². The Balaban J connectivity index is 2.16. The zero-order chi connectivity index (χ0) is 10.8. The third-order valence-corrected chi connectivity index (χ3v) is 2.61. The van der Waals surface area contributed by atoms with Crippen molar-refractivity contribution in [2.45, 2.75) is 6.92 Å². The third kappa shape index (κ3) is 1.92. The molecule has 1 saturated heterocycles. The summed E-state index contributed by atoms with van der Waals surface area (Å²) in [4.78, 5) is 6.44. The largest absolute Gasteiger partial charge is 0.396 e. The number of hydrogen-bond donors (Lipinski definition) is 1. The summed E-state index contributed by atoms with van der Waals surface area (Å²) in [6.45, 7) is 3.77. The molecular weight excluding hydrogens is 190 g/mol. The predicted octanol–water partition coefficient (Wildman–Crippen LogP) is 0.690. The molecule has 1 aromatic rings. The molecule has 0 atom stereocenters. The van der Waals surface area contributed by atoms with Crippen LogP contribution < -0.4 is 4.90 Å². The molecule has 1 aliphatic rings. The molecule has 2 rings (SSSR count). The number of nitriles is 1. The van der Waals surface area contributed by atoms with Gasteiger partial charge in [0.05, 0.1) is 11.6 Å². The minimum atomic E-state index is 0.230. The molecule has 0 unspecified atom stereocenters. The van der Waals surface area contributed by atoms with Crippen molar-refractivity contribution in [3.63, 3.8) is 0 Å². The molecule has 15 heavy (non-hydrogen) atoms. The maximum absolute atomic E-state index is 8.91. The van der Waals surface area contributed by atoms with Gasteiger partial charge in [-0.1, -0.05) is 0 Å². The first-order valence-corrected chi connectivity index (χ1v) is 4.97. The van der Waals surface area contributed by atoms with E-state index in [1.54, 1.807) is 12.1 Å². The van der Waals surface area contributed by atoms with Gasteiger partial charge in [-0.25, -0.2) is 4.98 Å². The van der Waals surface area contributed by atoms with Gasteiger partial charge < -0.3 is 10.0 Å². The zero-order valence-corrected chi connectivity index (χ0v) is 8.64. The monoisotopic (exact) mass is 203 g/mol. The lowest BCUT2D eigenvalue weighted by Crippen LogP contribution is -2.48. The Kier molecular flexibility index (Phi) is 2.57. The molecular formula is C11H13N3O. The fourth-order valence-corrected chi connectivity index (χ4v) is 1.75. The van der Waals surface area contributed by atoms with Crippen molar-refractivity contribution in [3.05, 3.63) is 23.4 Å². The van der Waals surface area contributed by atoms with Crippen molar-refractivity contribution in [1.82, 2.24) is 4.98 Å². The minimum absolute atomic E-state index is 0.230. The number of pyridine rings is 1. The van der Waals surface area contributed by atoms with Gasteiger partial charge in [-0.15, -0.1) is 0 Å².